The smallest absolute Gasteiger partial charge is 0.255 e. The molecule has 0 aromatic carbocycles. The van der Waals surface area contributed by atoms with Gasteiger partial charge in [0.2, 0.25) is 11.1 Å². The largest absolute Gasteiger partial charge is 0.368 e. The lowest BCUT2D eigenvalue weighted by molar-refractivity contribution is -0.129. The molecule has 2 aromatic heterocycles. The Morgan fingerprint density at radius 1 is 1.44 bits per heavy atom. The van der Waals surface area contributed by atoms with E-state index in [9.17, 15) is 9.59 Å². The van der Waals surface area contributed by atoms with Crippen molar-refractivity contribution in [1.82, 2.24) is 30.1 Å². The number of ether oxygens (including phenoxy) is 1. The van der Waals surface area contributed by atoms with Crippen molar-refractivity contribution in [3.63, 3.8) is 0 Å². The summed E-state index contributed by atoms with van der Waals surface area (Å²) < 4.78 is 6.94. The molecule has 0 saturated carbocycles. The molecule has 0 radical (unpaired) electrons. The fourth-order valence-corrected chi connectivity index (χ4v) is 4.77. The van der Waals surface area contributed by atoms with Gasteiger partial charge in [-0.2, -0.15) is 0 Å². The molecular weight excluding hydrogens is 390 g/mol. The molecule has 0 spiro atoms. The number of aromatic nitrogens is 5. The number of carbonyl (C=O) groups excluding carboxylic acids is 2. The molecule has 1 saturated heterocycles. The molecule has 2 aromatic rings. The quantitative estimate of drug-likeness (QED) is 0.709. The Morgan fingerprint density at radius 2 is 2.33 bits per heavy atom. The predicted octanol–water partition coefficient (Wildman–Crippen LogP) is 0.461. The molecule has 0 aliphatic carbocycles. The Bertz CT molecular complexity index is 846. The number of tetrazole rings is 1. The lowest BCUT2D eigenvalue weighted by atomic mass is 10.2. The SMILES string of the molecule is Cn1nnnc1SCC(=O)N1CCc2nc(NC(=O)C3CCCO3)sc2C1. The van der Waals surface area contributed by atoms with E-state index < -0.39 is 0 Å². The minimum absolute atomic E-state index is 0.0343. The van der Waals surface area contributed by atoms with E-state index in [2.05, 4.69) is 25.8 Å². The van der Waals surface area contributed by atoms with Crippen LogP contribution >= 0.6 is 23.1 Å². The zero-order chi connectivity index (χ0) is 18.8. The third-order valence-corrected chi connectivity index (χ3v) is 6.44. The van der Waals surface area contributed by atoms with Crippen molar-refractivity contribution in [1.29, 1.82) is 0 Å². The standard InChI is InChI=1S/C15H19N7O3S2/c1-21-15(18-19-20-21)26-8-12(23)22-5-4-9-11(7-22)27-14(16-9)17-13(24)10-3-2-6-25-10/h10H,2-8H2,1H3,(H,16,17,24). The molecule has 2 amide bonds. The third kappa shape index (κ3) is 4.12. The molecule has 144 valence electrons. The minimum Gasteiger partial charge on any atom is -0.368 e. The van der Waals surface area contributed by atoms with Gasteiger partial charge in [-0.05, 0) is 23.3 Å². The Balaban J connectivity index is 1.34. The highest BCUT2D eigenvalue weighted by Gasteiger charge is 2.27. The van der Waals surface area contributed by atoms with Crippen LogP contribution < -0.4 is 5.32 Å². The highest BCUT2D eigenvalue weighted by atomic mass is 32.2. The van der Waals surface area contributed by atoms with Crippen molar-refractivity contribution in [3.05, 3.63) is 10.6 Å². The Kier molecular flexibility index (Phi) is 5.36. The second-order valence-corrected chi connectivity index (χ2v) is 8.34. The summed E-state index contributed by atoms with van der Waals surface area (Å²) in [5.41, 5.74) is 0.955. The first-order chi connectivity index (χ1) is 13.1. The number of hydrogen-bond donors (Lipinski definition) is 1. The number of carbonyl (C=O) groups is 2. The second kappa shape index (κ2) is 7.90. The van der Waals surface area contributed by atoms with Crippen LogP contribution in [0.2, 0.25) is 0 Å². The number of anilines is 1. The van der Waals surface area contributed by atoms with Gasteiger partial charge in [0.1, 0.15) is 6.10 Å². The first kappa shape index (κ1) is 18.3. The number of amides is 2. The zero-order valence-corrected chi connectivity index (χ0v) is 16.4. The van der Waals surface area contributed by atoms with Gasteiger partial charge >= 0.3 is 0 Å². The van der Waals surface area contributed by atoms with E-state index in [1.165, 1.54) is 23.1 Å². The van der Waals surface area contributed by atoms with Crippen LogP contribution in [0.1, 0.15) is 23.4 Å². The van der Waals surface area contributed by atoms with Crippen molar-refractivity contribution in [2.24, 2.45) is 7.05 Å². The van der Waals surface area contributed by atoms with Gasteiger partial charge in [-0.25, -0.2) is 9.67 Å². The fraction of sp³-hybridized carbons (Fsp3) is 0.600. The number of nitrogens with one attached hydrogen (secondary N) is 1. The van der Waals surface area contributed by atoms with Crippen LogP contribution in [-0.4, -0.2) is 66.9 Å². The summed E-state index contributed by atoms with van der Waals surface area (Å²) in [6, 6.07) is 0. The third-order valence-electron chi connectivity index (χ3n) is 4.44. The minimum atomic E-state index is -0.379. The molecule has 10 nitrogen and oxygen atoms in total. The highest BCUT2D eigenvalue weighted by molar-refractivity contribution is 7.99. The molecule has 2 aliphatic rings. The van der Waals surface area contributed by atoms with Crippen molar-refractivity contribution >= 4 is 40.0 Å². The molecule has 27 heavy (non-hydrogen) atoms. The van der Waals surface area contributed by atoms with Crippen molar-refractivity contribution in [2.75, 3.05) is 24.2 Å². The Labute approximate surface area is 163 Å². The number of thiazole rings is 1. The molecular formula is C15H19N7O3S2. The van der Waals surface area contributed by atoms with E-state index >= 15 is 0 Å². The van der Waals surface area contributed by atoms with Gasteiger partial charge in [0.05, 0.1) is 18.0 Å². The Morgan fingerprint density at radius 3 is 3.07 bits per heavy atom. The van der Waals surface area contributed by atoms with Gasteiger partial charge in [-0.15, -0.1) is 5.10 Å². The summed E-state index contributed by atoms with van der Waals surface area (Å²) in [7, 11) is 1.74. The van der Waals surface area contributed by atoms with Crippen molar-refractivity contribution in [2.45, 2.75) is 37.1 Å². The Hall–Kier alpha value is -2.05. The van der Waals surface area contributed by atoms with Crippen LogP contribution in [0.15, 0.2) is 5.16 Å². The number of aryl methyl sites for hydroxylation is 1. The highest BCUT2D eigenvalue weighted by Crippen LogP contribution is 2.29. The molecule has 12 heteroatoms. The van der Waals surface area contributed by atoms with Gasteiger partial charge in [-0.1, -0.05) is 23.1 Å². The molecule has 1 atom stereocenters. The van der Waals surface area contributed by atoms with E-state index in [4.69, 9.17) is 4.74 Å². The summed E-state index contributed by atoms with van der Waals surface area (Å²) in [6.07, 6.45) is 1.96. The number of fused-ring (bicyclic) bond motifs is 1. The molecule has 0 bridgehead atoms. The molecule has 4 heterocycles. The van der Waals surface area contributed by atoms with Crippen LogP contribution in [0.3, 0.4) is 0 Å². The van der Waals surface area contributed by atoms with Gasteiger partial charge in [0, 0.05) is 31.5 Å². The normalized spacial score (nSPS) is 19.1. The lowest BCUT2D eigenvalue weighted by Gasteiger charge is -2.25. The summed E-state index contributed by atoms with van der Waals surface area (Å²) >= 11 is 2.74. The lowest BCUT2D eigenvalue weighted by Crippen LogP contribution is -2.36. The maximum Gasteiger partial charge on any atom is 0.255 e. The molecule has 4 rings (SSSR count). The topological polar surface area (TPSA) is 115 Å². The average Bonchev–Trinajstić information content (AvgIpc) is 3.39. The summed E-state index contributed by atoms with van der Waals surface area (Å²) in [4.78, 5) is 32.0. The number of rotatable bonds is 5. The maximum absolute atomic E-state index is 12.5. The van der Waals surface area contributed by atoms with E-state index in [-0.39, 0.29) is 23.7 Å². The van der Waals surface area contributed by atoms with Crippen LogP contribution in [-0.2, 0) is 34.3 Å². The first-order valence-electron chi connectivity index (χ1n) is 8.64. The molecule has 2 aliphatic heterocycles. The van der Waals surface area contributed by atoms with Crippen molar-refractivity contribution < 1.29 is 14.3 Å². The van der Waals surface area contributed by atoms with Crippen molar-refractivity contribution in [3.8, 4) is 0 Å². The first-order valence-corrected chi connectivity index (χ1v) is 10.4. The fourth-order valence-electron chi connectivity index (χ4n) is 2.99. The van der Waals surface area contributed by atoms with E-state index in [1.54, 1.807) is 11.7 Å². The number of nitrogens with zero attached hydrogens (tertiary/aromatic N) is 6. The van der Waals surface area contributed by atoms with Crippen LogP contribution in [0.25, 0.3) is 0 Å². The zero-order valence-electron chi connectivity index (χ0n) is 14.8. The van der Waals surface area contributed by atoms with Crippen LogP contribution in [0, 0.1) is 0 Å². The van der Waals surface area contributed by atoms with Gasteiger partial charge in [0.15, 0.2) is 5.13 Å². The van der Waals surface area contributed by atoms with E-state index in [0.717, 1.165) is 23.4 Å². The molecule has 1 fully saturated rings. The summed E-state index contributed by atoms with van der Waals surface area (Å²) in [5, 5.41) is 15.2. The van der Waals surface area contributed by atoms with E-state index in [0.29, 0.717) is 36.4 Å². The van der Waals surface area contributed by atoms with Gasteiger partial charge in [0.25, 0.3) is 5.91 Å². The second-order valence-electron chi connectivity index (χ2n) is 6.32. The number of hydrogen-bond acceptors (Lipinski definition) is 9. The number of thioether (sulfide) groups is 1. The maximum atomic E-state index is 12.5. The van der Waals surface area contributed by atoms with E-state index in [1.807, 2.05) is 4.90 Å². The van der Waals surface area contributed by atoms with Gasteiger partial charge in [-0.3, -0.25) is 14.9 Å². The average molecular weight is 409 g/mol. The monoisotopic (exact) mass is 409 g/mol. The molecule has 1 N–H and O–H groups in total. The summed E-state index contributed by atoms with van der Waals surface area (Å²) in [5.74, 6) is 0.178. The molecule has 1 unspecified atom stereocenters. The predicted molar refractivity (Wildman–Crippen MR) is 98.4 cm³/mol. The summed E-state index contributed by atoms with van der Waals surface area (Å²) in [6.45, 7) is 1.76. The van der Waals surface area contributed by atoms with Crippen LogP contribution in [0.5, 0.6) is 0 Å². The van der Waals surface area contributed by atoms with Gasteiger partial charge < -0.3 is 9.64 Å². The van der Waals surface area contributed by atoms with Crippen LogP contribution in [0.4, 0.5) is 5.13 Å².